The van der Waals surface area contributed by atoms with Crippen molar-refractivity contribution in [1.82, 2.24) is 36.1 Å². The largest absolute Gasteiger partial charge is 0.387 e. The van der Waals surface area contributed by atoms with Crippen LogP contribution in [0.3, 0.4) is 0 Å². The van der Waals surface area contributed by atoms with Gasteiger partial charge in [0, 0.05) is 43.2 Å². The lowest BCUT2D eigenvalue weighted by Gasteiger charge is -2.41. The molecule has 5 atom stereocenters. The van der Waals surface area contributed by atoms with Crippen molar-refractivity contribution in [3.63, 3.8) is 0 Å². The number of nitrogens with one attached hydrogen (secondary N) is 5. The molecule has 18 heteroatoms. The number of halogens is 2. The van der Waals surface area contributed by atoms with Gasteiger partial charge in [-0.25, -0.2) is 8.78 Å². The molecule has 0 spiro atoms. The van der Waals surface area contributed by atoms with Crippen molar-refractivity contribution in [2.24, 2.45) is 11.1 Å². The molecular formula is C47H58F2N8O8. The second-order valence-electron chi connectivity index (χ2n) is 16.8. The average molecular weight is 901 g/mol. The molecule has 0 radical (unpaired) electrons. The Morgan fingerprint density at radius 2 is 1.34 bits per heavy atom. The van der Waals surface area contributed by atoms with Crippen LogP contribution in [0.2, 0.25) is 0 Å². The Bertz CT molecular complexity index is 2320. The molecule has 1 aromatic heterocycles. The molecule has 1 heterocycles. The van der Waals surface area contributed by atoms with Crippen molar-refractivity contribution in [2.45, 2.75) is 90.6 Å². The summed E-state index contributed by atoms with van der Waals surface area (Å²) in [7, 11) is 1.32. The van der Waals surface area contributed by atoms with Crippen molar-refractivity contribution in [3.8, 4) is 11.1 Å². The van der Waals surface area contributed by atoms with Gasteiger partial charge >= 0.3 is 0 Å². The molecule has 4 aromatic rings. The Hall–Kier alpha value is -6.95. The summed E-state index contributed by atoms with van der Waals surface area (Å²) in [6.07, 6.45) is 0.732. The zero-order chi connectivity index (χ0) is 48.0. The third-order valence-corrected chi connectivity index (χ3v) is 10.5. The minimum atomic E-state index is -1.62. The molecule has 0 aliphatic heterocycles. The summed E-state index contributed by atoms with van der Waals surface area (Å²) in [4.78, 5) is 93.1. The summed E-state index contributed by atoms with van der Waals surface area (Å²) in [6.45, 7) is 7.38. The summed E-state index contributed by atoms with van der Waals surface area (Å²) in [6, 6.07) is 16.7. The first-order chi connectivity index (χ1) is 30.7. The first kappa shape index (κ1) is 50.7. The van der Waals surface area contributed by atoms with Crippen LogP contribution >= 0.6 is 0 Å². The van der Waals surface area contributed by atoms with Crippen LogP contribution in [0.15, 0.2) is 91.1 Å². The van der Waals surface area contributed by atoms with Crippen LogP contribution in [0, 0.1) is 17.0 Å². The van der Waals surface area contributed by atoms with Crippen molar-refractivity contribution >= 4 is 41.4 Å². The number of aliphatic hydroxyl groups excluding tert-OH is 1. The number of aromatic nitrogens is 1. The number of primary amides is 1. The molecular weight excluding hydrogens is 843 g/mol. The molecule has 0 unspecified atom stereocenters. The van der Waals surface area contributed by atoms with Crippen molar-refractivity contribution in [1.29, 1.82) is 0 Å². The molecule has 348 valence electrons. The number of hydrogen-bond acceptors (Lipinski definition) is 8. The van der Waals surface area contributed by atoms with E-state index in [-0.39, 0.29) is 31.5 Å². The van der Waals surface area contributed by atoms with Gasteiger partial charge < -0.3 is 46.9 Å². The number of amides is 7. The number of hydrogen-bond donors (Lipinski definition) is 7. The predicted molar refractivity (Wildman–Crippen MR) is 238 cm³/mol. The molecule has 4 rings (SSSR count). The van der Waals surface area contributed by atoms with Crippen molar-refractivity contribution in [2.75, 3.05) is 20.2 Å². The maximum absolute atomic E-state index is 15.2. The zero-order valence-electron chi connectivity index (χ0n) is 37.3. The number of likely N-dealkylation sites (N-methyl/N-ethyl adjacent to an activating group) is 1. The van der Waals surface area contributed by atoms with Crippen LogP contribution < -0.4 is 32.3 Å². The number of carbonyl (C=O) groups is 7. The summed E-state index contributed by atoms with van der Waals surface area (Å²) < 4.78 is 31.5. The molecule has 0 bridgehead atoms. The topological polar surface area (TPSA) is 234 Å². The maximum Gasteiger partial charge on any atom is 0.248 e. The lowest BCUT2D eigenvalue weighted by Crippen LogP contribution is -2.58. The van der Waals surface area contributed by atoms with E-state index >= 15 is 4.39 Å². The van der Waals surface area contributed by atoms with E-state index < -0.39 is 102 Å². The van der Waals surface area contributed by atoms with Gasteiger partial charge in [-0.1, -0.05) is 81.4 Å². The number of benzene rings is 3. The fraction of sp³-hybridized carbons (Fsp3) is 0.383. The summed E-state index contributed by atoms with van der Waals surface area (Å²) in [5.41, 5.74) is 7.05. The van der Waals surface area contributed by atoms with Crippen LogP contribution in [-0.4, -0.2) is 100 Å². The van der Waals surface area contributed by atoms with Gasteiger partial charge in [0.05, 0.1) is 18.9 Å². The van der Waals surface area contributed by atoms with Gasteiger partial charge in [-0.3, -0.25) is 33.6 Å². The van der Waals surface area contributed by atoms with Gasteiger partial charge in [-0.2, -0.15) is 0 Å². The normalized spacial score (nSPS) is 13.6. The monoisotopic (exact) mass is 900 g/mol. The minimum absolute atomic E-state index is 0.0138. The van der Waals surface area contributed by atoms with E-state index in [0.717, 1.165) is 29.3 Å². The summed E-state index contributed by atoms with van der Waals surface area (Å²) in [5, 5.41) is 22.7. The standard InChI is InChI=1S/C47H58F2N8O8/c1-28(52-40(60)21-30-13-9-7-10-14-30)43(62)53-29(2)44(63)55-37(24-39(50)59)46(65)54-36(45(64)51-6)19-20-57(41(61)27-58)42(47(3,4)5)38-22-32(34-23-33(48)17-18-35(34)49)26-56(38)25-31-15-11-8-12-16-31/h7-18,22-23,26,28-29,36-37,42,58H,19-21,24-25,27H2,1-6H3,(H2,50,59)(H,51,64)(H,52,60)(H,53,62)(H,54,65)(H,55,63)/t28-,29-,36-,37-,42-/m0/s1. The third kappa shape index (κ3) is 14.5. The van der Waals surface area contributed by atoms with Crippen molar-refractivity contribution < 1.29 is 47.4 Å². The predicted octanol–water partition coefficient (Wildman–Crippen LogP) is 2.62. The number of nitrogens with zero attached hydrogens (tertiary/aromatic N) is 2. The Kier molecular flexibility index (Phi) is 18.0. The molecule has 8 N–H and O–H groups in total. The van der Waals surface area contributed by atoms with E-state index in [1.165, 1.54) is 25.8 Å². The summed E-state index contributed by atoms with van der Waals surface area (Å²) >= 11 is 0. The van der Waals surface area contributed by atoms with Crippen LogP contribution in [0.25, 0.3) is 11.1 Å². The van der Waals surface area contributed by atoms with E-state index in [1.54, 1.807) is 42.6 Å². The molecule has 0 saturated carbocycles. The second kappa shape index (κ2) is 23.1. The van der Waals surface area contributed by atoms with Gasteiger partial charge in [0.15, 0.2) is 0 Å². The van der Waals surface area contributed by atoms with Gasteiger partial charge in [-0.15, -0.1) is 0 Å². The molecule has 16 nitrogen and oxygen atoms in total. The van der Waals surface area contributed by atoms with Crippen LogP contribution in [0.1, 0.15) is 70.3 Å². The minimum Gasteiger partial charge on any atom is -0.387 e. The van der Waals surface area contributed by atoms with Crippen LogP contribution in [0.5, 0.6) is 0 Å². The smallest absolute Gasteiger partial charge is 0.248 e. The number of aliphatic hydroxyl groups is 1. The van der Waals surface area contributed by atoms with E-state index in [9.17, 15) is 43.1 Å². The molecule has 0 aliphatic carbocycles. The zero-order valence-corrected chi connectivity index (χ0v) is 37.3. The molecule has 0 saturated heterocycles. The highest BCUT2D eigenvalue weighted by atomic mass is 19.1. The van der Waals surface area contributed by atoms with Gasteiger partial charge in [0.2, 0.25) is 41.4 Å². The Labute approximate surface area is 376 Å². The van der Waals surface area contributed by atoms with Crippen LogP contribution in [-0.2, 0) is 46.5 Å². The average Bonchev–Trinajstić information content (AvgIpc) is 3.66. The van der Waals surface area contributed by atoms with Crippen LogP contribution in [0.4, 0.5) is 8.78 Å². The molecule has 0 fully saturated rings. The third-order valence-electron chi connectivity index (χ3n) is 10.5. The number of carbonyl (C=O) groups excluding carboxylic acids is 7. The highest BCUT2D eigenvalue weighted by molar-refractivity contribution is 5.97. The molecule has 65 heavy (non-hydrogen) atoms. The first-order valence-corrected chi connectivity index (χ1v) is 21.1. The molecule has 0 aliphatic rings. The van der Waals surface area contributed by atoms with E-state index in [0.29, 0.717) is 11.3 Å². The molecule has 7 amide bonds. The number of nitrogens with two attached hydrogens (primary N) is 1. The quantitative estimate of drug-likeness (QED) is 0.0656. The maximum atomic E-state index is 15.2. The highest BCUT2D eigenvalue weighted by Gasteiger charge is 2.38. The SMILES string of the molecule is CNC(=O)[C@H](CCN(C(=O)CO)[C@@H](c1cc(-c2cc(F)ccc2F)cn1Cc1ccccc1)C(C)(C)C)NC(=O)[C@H](CC(N)=O)NC(=O)[C@H](C)NC(=O)[C@H](C)NC(=O)Cc1ccccc1. The van der Waals surface area contributed by atoms with E-state index in [1.807, 2.05) is 55.7 Å². The van der Waals surface area contributed by atoms with Gasteiger partial charge in [-0.05, 0) is 61.1 Å². The first-order valence-electron chi connectivity index (χ1n) is 21.1. The Morgan fingerprint density at radius 1 is 0.754 bits per heavy atom. The lowest BCUT2D eigenvalue weighted by molar-refractivity contribution is -0.140. The van der Waals surface area contributed by atoms with Gasteiger partial charge in [0.1, 0.15) is 42.4 Å². The highest BCUT2D eigenvalue weighted by Crippen LogP contribution is 2.41. The van der Waals surface area contributed by atoms with Crippen molar-refractivity contribution in [3.05, 3.63) is 120 Å². The Balaban J connectivity index is 1.56. The molecule has 3 aromatic carbocycles. The second-order valence-corrected chi connectivity index (χ2v) is 16.8. The van der Waals surface area contributed by atoms with E-state index in [4.69, 9.17) is 5.73 Å². The number of rotatable bonds is 21. The Morgan fingerprint density at radius 3 is 1.92 bits per heavy atom. The fourth-order valence-corrected chi connectivity index (χ4v) is 7.33. The van der Waals surface area contributed by atoms with E-state index in [2.05, 4.69) is 26.6 Å². The lowest BCUT2D eigenvalue weighted by atomic mass is 9.82. The van der Waals surface area contributed by atoms with Gasteiger partial charge in [0.25, 0.3) is 0 Å². The fourth-order valence-electron chi connectivity index (χ4n) is 7.33. The summed E-state index contributed by atoms with van der Waals surface area (Å²) in [5.74, 6) is -6.75.